The largest absolute Gasteiger partial charge is 0.387 e. The molecule has 0 bridgehead atoms. The highest BCUT2D eigenvalue weighted by molar-refractivity contribution is 5.75. The van der Waals surface area contributed by atoms with Crippen LogP contribution in [0.2, 0.25) is 0 Å². The molecule has 4 aliphatic rings. The Bertz CT molecular complexity index is 1010. The summed E-state index contributed by atoms with van der Waals surface area (Å²) in [6.07, 6.45) is 0.396. The first-order valence-corrected chi connectivity index (χ1v) is 10.8. The van der Waals surface area contributed by atoms with Crippen molar-refractivity contribution in [3.63, 3.8) is 0 Å². The van der Waals surface area contributed by atoms with Gasteiger partial charge in [-0.25, -0.2) is 18.0 Å². The molecule has 1 saturated heterocycles. The third-order valence-electron chi connectivity index (χ3n) is 7.51. The highest BCUT2D eigenvalue weighted by atomic mass is 19.3. The van der Waals surface area contributed by atoms with Gasteiger partial charge in [-0.05, 0) is 37.5 Å². The van der Waals surface area contributed by atoms with Crippen molar-refractivity contribution in [1.29, 1.82) is 0 Å². The zero-order valence-corrected chi connectivity index (χ0v) is 16.8. The van der Waals surface area contributed by atoms with E-state index in [1.54, 1.807) is 6.92 Å². The Morgan fingerprint density at radius 2 is 1.87 bits per heavy atom. The van der Waals surface area contributed by atoms with Crippen LogP contribution in [-0.4, -0.2) is 51.1 Å². The third-order valence-corrected chi connectivity index (χ3v) is 7.51. The number of H-pyrrole nitrogens is 2. The van der Waals surface area contributed by atoms with Gasteiger partial charge in [0.1, 0.15) is 11.9 Å². The Kier molecular flexibility index (Phi) is 4.56. The van der Waals surface area contributed by atoms with Crippen LogP contribution in [0.5, 0.6) is 0 Å². The second-order valence-corrected chi connectivity index (χ2v) is 9.44. The molecule has 164 valence electrons. The van der Waals surface area contributed by atoms with Crippen LogP contribution in [0.4, 0.5) is 13.2 Å². The van der Waals surface area contributed by atoms with Crippen LogP contribution >= 0.6 is 0 Å². The topological polar surface area (TPSA) is 89.2 Å². The normalized spacial score (nSPS) is 36.4. The Morgan fingerprint density at radius 1 is 1.13 bits per heavy atom. The lowest BCUT2D eigenvalue weighted by Gasteiger charge is -2.37. The van der Waals surface area contributed by atoms with E-state index in [0.717, 1.165) is 12.8 Å². The monoisotopic (exact) mass is 425 g/mol. The lowest BCUT2D eigenvalue weighted by Crippen LogP contribution is -2.45. The van der Waals surface area contributed by atoms with E-state index in [0.29, 0.717) is 30.7 Å². The van der Waals surface area contributed by atoms with Gasteiger partial charge in [0.05, 0.1) is 11.6 Å². The minimum Gasteiger partial charge on any atom is -0.387 e. The van der Waals surface area contributed by atoms with E-state index in [1.165, 1.54) is 0 Å². The summed E-state index contributed by atoms with van der Waals surface area (Å²) in [6, 6.07) is -0.738. The van der Waals surface area contributed by atoms with Crippen molar-refractivity contribution < 1.29 is 18.3 Å². The highest BCUT2D eigenvalue weighted by Gasteiger charge is 2.53. The highest BCUT2D eigenvalue weighted by Crippen LogP contribution is 2.51. The quantitative estimate of drug-likeness (QED) is 0.679. The first-order chi connectivity index (χ1) is 14.2. The summed E-state index contributed by atoms with van der Waals surface area (Å²) in [5.74, 6) is -4.85. The first-order valence-electron chi connectivity index (χ1n) is 10.8. The molecule has 2 saturated carbocycles. The molecule has 5 atom stereocenters. The fourth-order valence-corrected chi connectivity index (χ4v) is 5.90. The van der Waals surface area contributed by atoms with Gasteiger partial charge in [-0.15, -0.1) is 0 Å². The third kappa shape index (κ3) is 3.00. The summed E-state index contributed by atoms with van der Waals surface area (Å²) in [6.45, 7) is 2.34. The fourth-order valence-electron chi connectivity index (χ4n) is 5.90. The zero-order chi connectivity index (χ0) is 21.4. The molecule has 0 spiro atoms. The number of aliphatic hydroxyl groups excluding tert-OH is 1. The van der Waals surface area contributed by atoms with Crippen LogP contribution < -0.4 is 11.2 Å². The standard InChI is InChI=1S/C21H26F3N3O3/c1-9-16-14(19(29)26-20(30)25-16)13(10-4-5-10)15(22)17(9)27-7-11-3-2-6-21(23,24)18(28)12(11)8-27/h9-12,17-18,28H,2-8H2,1H3,(H2,25,26,29,30). The molecule has 3 aliphatic carbocycles. The summed E-state index contributed by atoms with van der Waals surface area (Å²) in [5, 5.41) is 10.3. The number of allylic oxidation sites excluding steroid dienone is 1. The van der Waals surface area contributed by atoms with Crippen LogP contribution in [0.15, 0.2) is 15.4 Å². The number of fused-ring (bicyclic) bond motifs is 2. The van der Waals surface area contributed by atoms with E-state index in [2.05, 4.69) is 9.97 Å². The number of nitrogens with zero attached hydrogens (tertiary/aromatic N) is 1. The molecule has 5 rings (SSSR count). The van der Waals surface area contributed by atoms with E-state index >= 15 is 4.39 Å². The molecule has 0 radical (unpaired) electrons. The molecule has 1 aliphatic heterocycles. The van der Waals surface area contributed by atoms with E-state index in [4.69, 9.17) is 0 Å². The molecule has 5 unspecified atom stereocenters. The SMILES string of the molecule is CC1c2[nH]c(=O)[nH]c(=O)c2C(C2CC2)=C(F)C1N1CC2CCCC(F)(F)C(O)C2C1. The number of aliphatic hydroxyl groups is 1. The van der Waals surface area contributed by atoms with Gasteiger partial charge in [-0.3, -0.25) is 14.7 Å². The van der Waals surface area contributed by atoms with Crippen molar-refractivity contribution in [3.8, 4) is 0 Å². The zero-order valence-electron chi connectivity index (χ0n) is 16.8. The van der Waals surface area contributed by atoms with Crippen LogP contribution in [0.25, 0.3) is 5.57 Å². The van der Waals surface area contributed by atoms with Gasteiger partial charge in [0.25, 0.3) is 11.5 Å². The van der Waals surface area contributed by atoms with Crippen molar-refractivity contribution in [2.24, 2.45) is 17.8 Å². The van der Waals surface area contributed by atoms with Gasteiger partial charge < -0.3 is 10.1 Å². The summed E-state index contributed by atoms with van der Waals surface area (Å²) in [7, 11) is 0. The number of halogens is 3. The maximum atomic E-state index is 15.9. The molecule has 6 nitrogen and oxygen atoms in total. The van der Waals surface area contributed by atoms with Crippen molar-refractivity contribution in [1.82, 2.24) is 14.9 Å². The molecule has 3 N–H and O–H groups in total. The van der Waals surface area contributed by atoms with E-state index < -0.39 is 47.0 Å². The van der Waals surface area contributed by atoms with E-state index in [1.807, 2.05) is 4.90 Å². The number of hydrogen-bond donors (Lipinski definition) is 3. The fraction of sp³-hybridized carbons (Fsp3) is 0.714. The maximum absolute atomic E-state index is 15.9. The Morgan fingerprint density at radius 3 is 2.57 bits per heavy atom. The van der Waals surface area contributed by atoms with Crippen molar-refractivity contribution in [2.45, 2.75) is 63.0 Å². The predicted molar refractivity (Wildman–Crippen MR) is 104 cm³/mol. The number of aromatic amines is 2. The van der Waals surface area contributed by atoms with Crippen molar-refractivity contribution >= 4 is 5.57 Å². The summed E-state index contributed by atoms with van der Waals surface area (Å²) >= 11 is 0. The minimum atomic E-state index is -3.13. The van der Waals surface area contributed by atoms with Gasteiger partial charge in [-0.2, -0.15) is 0 Å². The second-order valence-electron chi connectivity index (χ2n) is 9.44. The summed E-state index contributed by atoms with van der Waals surface area (Å²) < 4.78 is 44.4. The molecule has 9 heteroatoms. The van der Waals surface area contributed by atoms with Gasteiger partial charge >= 0.3 is 5.69 Å². The molecule has 1 aromatic rings. The molecule has 0 aromatic carbocycles. The number of likely N-dealkylation sites (tertiary alicyclic amines) is 1. The van der Waals surface area contributed by atoms with Crippen LogP contribution in [0.3, 0.4) is 0 Å². The number of aromatic nitrogens is 2. The number of hydrogen-bond acceptors (Lipinski definition) is 4. The number of rotatable bonds is 2. The molecule has 3 fully saturated rings. The summed E-state index contributed by atoms with van der Waals surface area (Å²) in [4.78, 5) is 31.1. The van der Waals surface area contributed by atoms with Gasteiger partial charge in [-0.1, -0.05) is 6.92 Å². The molecular formula is C21H26F3N3O3. The van der Waals surface area contributed by atoms with E-state index in [9.17, 15) is 23.5 Å². The van der Waals surface area contributed by atoms with Crippen molar-refractivity contribution in [2.75, 3.05) is 13.1 Å². The average molecular weight is 425 g/mol. The van der Waals surface area contributed by atoms with Crippen LogP contribution in [0, 0.1) is 17.8 Å². The molecule has 1 aromatic heterocycles. The van der Waals surface area contributed by atoms with Gasteiger partial charge in [0.2, 0.25) is 0 Å². The minimum absolute atomic E-state index is 0.0613. The maximum Gasteiger partial charge on any atom is 0.325 e. The molecule has 30 heavy (non-hydrogen) atoms. The van der Waals surface area contributed by atoms with Crippen LogP contribution in [-0.2, 0) is 0 Å². The predicted octanol–water partition coefficient (Wildman–Crippen LogP) is 2.37. The molecule has 0 amide bonds. The molecular weight excluding hydrogens is 399 g/mol. The van der Waals surface area contributed by atoms with Crippen molar-refractivity contribution in [3.05, 3.63) is 37.9 Å². The van der Waals surface area contributed by atoms with Gasteiger partial charge in [0.15, 0.2) is 0 Å². The number of nitrogens with one attached hydrogen (secondary N) is 2. The average Bonchev–Trinajstić information content (AvgIpc) is 3.43. The second kappa shape index (κ2) is 6.82. The summed E-state index contributed by atoms with van der Waals surface area (Å²) in [5.41, 5.74) is -0.238. The lowest BCUT2D eigenvalue weighted by atomic mass is 9.81. The Hall–Kier alpha value is -1.87. The Labute approximate surface area is 171 Å². The molecule has 2 heterocycles. The number of alkyl halides is 2. The van der Waals surface area contributed by atoms with E-state index in [-0.39, 0.29) is 30.4 Å². The van der Waals surface area contributed by atoms with Crippen LogP contribution in [0.1, 0.15) is 56.2 Å². The smallest absolute Gasteiger partial charge is 0.325 e. The Balaban J connectivity index is 1.55. The van der Waals surface area contributed by atoms with Gasteiger partial charge in [0, 0.05) is 42.6 Å². The lowest BCUT2D eigenvalue weighted by molar-refractivity contribution is -0.132. The first kappa shape index (κ1) is 20.1.